The van der Waals surface area contributed by atoms with Crippen molar-refractivity contribution in [2.24, 2.45) is 0 Å². The number of amides is 1. The zero-order chi connectivity index (χ0) is 13.1. The van der Waals surface area contributed by atoms with Crippen LogP contribution in [0.1, 0.15) is 15.2 Å². The number of hydrogen-bond acceptors (Lipinski definition) is 2. The molecule has 0 aliphatic carbocycles. The highest BCUT2D eigenvalue weighted by atomic mass is 79.9. The van der Waals surface area contributed by atoms with Crippen molar-refractivity contribution in [1.29, 1.82) is 0 Å². The van der Waals surface area contributed by atoms with E-state index in [-0.39, 0.29) is 18.3 Å². The Morgan fingerprint density at radius 2 is 2.06 bits per heavy atom. The van der Waals surface area contributed by atoms with E-state index in [0.29, 0.717) is 10.4 Å². The van der Waals surface area contributed by atoms with Crippen LogP contribution in [0.25, 0.3) is 0 Å². The molecule has 0 unspecified atom stereocenters. The van der Waals surface area contributed by atoms with Gasteiger partial charge in [0.25, 0.3) is 5.91 Å². The number of halogens is 3. The number of carbonyl (C=O) groups is 1. The Labute approximate surface area is 124 Å². The van der Waals surface area contributed by atoms with Crippen molar-refractivity contribution < 1.29 is 9.18 Å². The first-order valence-corrected chi connectivity index (χ1v) is 7.44. The Bertz CT molecular complexity index is 566. The standard InChI is InChI=1S/C12H8Br2FNOS/c13-8-5-10(18-11(8)14)12(17)16-6-7-3-1-2-4-9(7)15/h1-5H,6H2,(H,16,17). The van der Waals surface area contributed by atoms with Gasteiger partial charge < -0.3 is 5.32 Å². The molecule has 94 valence electrons. The van der Waals surface area contributed by atoms with Gasteiger partial charge in [-0.05, 0) is 44.0 Å². The van der Waals surface area contributed by atoms with Crippen LogP contribution in [0.4, 0.5) is 4.39 Å². The Hall–Kier alpha value is -0.720. The summed E-state index contributed by atoms with van der Waals surface area (Å²) in [7, 11) is 0. The molecule has 0 radical (unpaired) electrons. The second-order valence-electron chi connectivity index (χ2n) is 3.51. The molecule has 0 atom stereocenters. The van der Waals surface area contributed by atoms with E-state index in [1.807, 2.05) is 0 Å². The molecule has 0 saturated heterocycles. The van der Waals surface area contributed by atoms with Crippen molar-refractivity contribution in [3.8, 4) is 0 Å². The van der Waals surface area contributed by atoms with Crippen molar-refractivity contribution in [2.45, 2.75) is 6.54 Å². The fourth-order valence-corrected chi connectivity index (χ4v) is 3.31. The number of carbonyl (C=O) groups excluding carboxylic acids is 1. The molecule has 1 N–H and O–H groups in total. The van der Waals surface area contributed by atoms with Crippen LogP contribution in [0, 0.1) is 5.82 Å². The molecular weight excluding hydrogens is 385 g/mol. The monoisotopic (exact) mass is 391 g/mol. The first-order valence-electron chi connectivity index (χ1n) is 5.04. The average Bonchev–Trinajstić information content (AvgIpc) is 2.68. The summed E-state index contributed by atoms with van der Waals surface area (Å²) in [4.78, 5) is 12.4. The lowest BCUT2D eigenvalue weighted by atomic mass is 10.2. The number of benzene rings is 1. The molecular formula is C12H8Br2FNOS. The number of nitrogens with one attached hydrogen (secondary N) is 1. The first-order chi connectivity index (χ1) is 8.58. The van der Waals surface area contributed by atoms with Crippen LogP contribution in [-0.4, -0.2) is 5.91 Å². The summed E-state index contributed by atoms with van der Waals surface area (Å²) in [5.74, 6) is -0.527. The van der Waals surface area contributed by atoms with E-state index in [2.05, 4.69) is 37.2 Å². The topological polar surface area (TPSA) is 29.1 Å². The van der Waals surface area contributed by atoms with Crippen LogP contribution in [0.2, 0.25) is 0 Å². The second-order valence-corrected chi connectivity index (χ2v) is 6.73. The minimum Gasteiger partial charge on any atom is -0.347 e. The summed E-state index contributed by atoms with van der Waals surface area (Å²) >= 11 is 7.96. The number of thiophene rings is 1. The van der Waals surface area contributed by atoms with E-state index in [1.165, 1.54) is 17.4 Å². The van der Waals surface area contributed by atoms with E-state index >= 15 is 0 Å². The van der Waals surface area contributed by atoms with Gasteiger partial charge in [-0.3, -0.25) is 4.79 Å². The normalized spacial score (nSPS) is 10.4. The number of rotatable bonds is 3. The quantitative estimate of drug-likeness (QED) is 0.826. The summed E-state index contributed by atoms with van der Waals surface area (Å²) in [5, 5.41) is 2.69. The second kappa shape index (κ2) is 5.95. The lowest BCUT2D eigenvalue weighted by molar-refractivity contribution is 0.0954. The molecule has 0 aliphatic rings. The van der Waals surface area contributed by atoms with Crippen LogP contribution in [-0.2, 0) is 6.54 Å². The summed E-state index contributed by atoms with van der Waals surface area (Å²) in [6.45, 7) is 0.179. The van der Waals surface area contributed by atoms with Crippen molar-refractivity contribution in [3.63, 3.8) is 0 Å². The predicted octanol–water partition coefficient (Wildman–Crippen LogP) is 4.34. The zero-order valence-corrected chi connectivity index (χ0v) is 13.0. The third-order valence-electron chi connectivity index (χ3n) is 2.27. The van der Waals surface area contributed by atoms with E-state index in [0.717, 1.165) is 8.26 Å². The van der Waals surface area contributed by atoms with Crippen LogP contribution >= 0.6 is 43.2 Å². The molecule has 1 aromatic carbocycles. The minimum atomic E-state index is -0.314. The van der Waals surface area contributed by atoms with E-state index in [1.54, 1.807) is 24.3 Å². The Balaban J connectivity index is 2.03. The van der Waals surface area contributed by atoms with Crippen molar-refractivity contribution in [1.82, 2.24) is 5.32 Å². The summed E-state index contributed by atoms with van der Waals surface area (Å²) in [6.07, 6.45) is 0. The highest BCUT2D eigenvalue weighted by molar-refractivity contribution is 9.13. The van der Waals surface area contributed by atoms with Gasteiger partial charge in [0.15, 0.2) is 0 Å². The number of hydrogen-bond donors (Lipinski definition) is 1. The smallest absolute Gasteiger partial charge is 0.261 e. The van der Waals surface area contributed by atoms with Crippen LogP contribution < -0.4 is 5.32 Å². The largest absolute Gasteiger partial charge is 0.347 e. The van der Waals surface area contributed by atoms with Gasteiger partial charge >= 0.3 is 0 Å². The third kappa shape index (κ3) is 3.18. The van der Waals surface area contributed by atoms with Gasteiger partial charge in [0, 0.05) is 16.6 Å². The van der Waals surface area contributed by atoms with Crippen molar-refractivity contribution in [2.75, 3.05) is 0 Å². The summed E-state index contributed by atoms with van der Waals surface area (Å²) in [6, 6.07) is 8.11. The van der Waals surface area contributed by atoms with Crippen molar-refractivity contribution in [3.05, 3.63) is 54.8 Å². The van der Waals surface area contributed by atoms with Crippen LogP contribution in [0.3, 0.4) is 0 Å². The van der Waals surface area contributed by atoms with Gasteiger partial charge in [-0.2, -0.15) is 0 Å². The van der Waals surface area contributed by atoms with E-state index in [9.17, 15) is 9.18 Å². The highest BCUT2D eigenvalue weighted by Gasteiger charge is 2.12. The maximum atomic E-state index is 13.3. The third-order valence-corrected chi connectivity index (χ3v) is 5.52. The Kier molecular flexibility index (Phi) is 4.53. The molecule has 0 spiro atoms. The molecule has 1 heterocycles. The van der Waals surface area contributed by atoms with Gasteiger partial charge in [-0.25, -0.2) is 4.39 Å². The van der Waals surface area contributed by atoms with E-state index in [4.69, 9.17) is 0 Å². The van der Waals surface area contributed by atoms with Gasteiger partial charge in [0.1, 0.15) is 5.82 Å². The van der Waals surface area contributed by atoms with E-state index < -0.39 is 0 Å². The Morgan fingerprint density at radius 3 is 2.67 bits per heavy atom. The van der Waals surface area contributed by atoms with Crippen molar-refractivity contribution >= 4 is 49.1 Å². The molecule has 6 heteroatoms. The lowest BCUT2D eigenvalue weighted by Gasteiger charge is -2.04. The summed E-state index contributed by atoms with van der Waals surface area (Å²) < 4.78 is 15.0. The molecule has 1 amide bonds. The molecule has 18 heavy (non-hydrogen) atoms. The molecule has 2 aromatic rings. The molecule has 0 aliphatic heterocycles. The van der Waals surface area contributed by atoms with Gasteiger partial charge in [-0.1, -0.05) is 18.2 Å². The Morgan fingerprint density at radius 1 is 1.33 bits per heavy atom. The maximum absolute atomic E-state index is 13.3. The van der Waals surface area contributed by atoms with Crippen LogP contribution in [0.5, 0.6) is 0 Å². The molecule has 2 nitrogen and oxygen atoms in total. The SMILES string of the molecule is O=C(NCc1ccccc1F)c1cc(Br)c(Br)s1. The fourth-order valence-electron chi connectivity index (χ4n) is 1.36. The molecule has 1 aromatic heterocycles. The first kappa shape index (κ1) is 13.7. The fraction of sp³-hybridized carbons (Fsp3) is 0.0833. The molecule has 0 bridgehead atoms. The van der Waals surface area contributed by atoms with Crippen LogP contribution in [0.15, 0.2) is 38.6 Å². The highest BCUT2D eigenvalue weighted by Crippen LogP contribution is 2.32. The molecule has 0 saturated carbocycles. The predicted molar refractivity (Wildman–Crippen MR) is 77.3 cm³/mol. The van der Waals surface area contributed by atoms with Gasteiger partial charge in [-0.15, -0.1) is 11.3 Å². The molecule has 0 fully saturated rings. The summed E-state index contributed by atoms with van der Waals surface area (Å²) in [5.41, 5.74) is 0.473. The lowest BCUT2D eigenvalue weighted by Crippen LogP contribution is -2.22. The van der Waals surface area contributed by atoms with Gasteiger partial charge in [0.2, 0.25) is 0 Å². The maximum Gasteiger partial charge on any atom is 0.261 e. The zero-order valence-electron chi connectivity index (χ0n) is 9.04. The average molecular weight is 393 g/mol. The minimum absolute atomic E-state index is 0.179. The van der Waals surface area contributed by atoms with Gasteiger partial charge in [0.05, 0.1) is 8.66 Å². The molecule has 2 rings (SSSR count).